The first-order valence-corrected chi connectivity index (χ1v) is 4.79. The summed E-state index contributed by atoms with van der Waals surface area (Å²) in [6, 6.07) is -0.694. The molecular formula is C8H11N5O4. The molecule has 1 aromatic heterocycles. The Morgan fingerprint density at radius 1 is 0.882 bits per heavy atom. The molecule has 0 bridgehead atoms. The first-order valence-electron chi connectivity index (χ1n) is 4.79. The lowest BCUT2D eigenvalue weighted by Gasteiger charge is -2.11. The van der Waals surface area contributed by atoms with E-state index in [0.717, 1.165) is 14.3 Å². The van der Waals surface area contributed by atoms with E-state index in [0.29, 0.717) is 9.69 Å². The summed E-state index contributed by atoms with van der Waals surface area (Å²) in [6.45, 7) is -0.149. The van der Waals surface area contributed by atoms with Gasteiger partial charge in [0.1, 0.15) is 6.54 Å². The van der Waals surface area contributed by atoms with Crippen LogP contribution in [0.2, 0.25) is 0 Å². The van der Waals surface area contributed by atoms with Gasteiger partial charge in [-0.1, -0.05) is 0 Å². The summed E-state index contributed by atoms with van der Waals surface area (Å²) < 4.78 is 2.57. The van der Waals surface area contributed by atoms with Gasteiger partial charge in [-0.15, -0.1) is 4.68 Å². The number of hydrogen-bond acceptors (Lipinski definition) is 4. The van der Waals surface area contributed by atoms with Crippen LogP contribution in [0.15, 0.2) is 9.59 Å². The molecule has 1 aromatic rings. The number of urea groups is 1. The quantitative estimate of drug-likeness (QED) is 0.505. The molecule has 0 N–H and O–H groups in total. The van der Waals surface area contributed by atoms with E-state index < -0.39 is 23.3 Å². The number of likely N-dealkylation sites (N-methyl/N-ethyl adjacent to an activating group) is 1. The third-order valence-electron chi connectivity index (χ3n) is 2.68. The minimum Gasteiger partial charge on any atom is -0.316 e. The molecule has 0 atom stereocenters. The van der Waals surface area contributed by atoms with E-state index in [2.05, 4.69) is 0 Å². The third-order valence-corrected chi connectivity index (χ3v) is 2.68. The monoisotopic (exact) mass is 241 g/mol. The summed E-state index contributed by atoms with van der Waals surface area (Å²) in [5, 5.41) is 0.560. The lowest BCUT2D eigenvalue weighted by atomic mass is 10.6. The summed E-state index contributed by atoms with van der Waals surface area (Å²) >= 11 is 0. The largest absolute Gasteiger partial charge is 0.366 e. The van der Waals surface area contributed by atoms with Gasteiger partial charge in [-0.05, 0) is 0 Å². The van der Waals surface area contributed by atoms with Crippen LogP contribution in [0.3, 0.4) is 0 Å². The number of hydrogen-bond donors (Lipinski definition) is 0. The molecule has 1 fully saturated rings. The maximum Gasteiger partial charge on any atom is 0.366 e. The van der Waals surface area contributed by atoms with E-state index in [9.17, 15) is 19.2 Å². The fourth-order valence-corrected chi connectivity index (χ4v) is 1.59. The molecule has 0 saturated carbocycles. The molecule has 2 heterocycles. The summed E-state index contributed by atoms with van der Waals surface area (Å²) in [4.78, 5) is 47.8. The van der Waals surface area contributed by atoms with Crippen molar-refractivity contribution in [3.8, 4) is 0 Å². The Hall–Kier alpha value is -2.32. The zero-order valence-corrected chi connectivity index (χ0v) is 9.58. The second-order valence-corrected chi connectivity index (χ2v) is 3.77. The van der Waals surface area contributed by atoms with Crippen LogP contribution in [0.4, 0.5) is 4.79 Å². The predicted octanol–water partition coefficient (Wildman–Crippen LogP) is -2.58. The smallest absolute Gasteiger partial charge is 0.316 e. The molecule has 0 aliphatic carbocycles. The fourth-order valence-electron chi connectivity index (χ4n) is 1.59. The Labute approximate surface area is 95.0 Å². The van der Waals surface area contributed by atoms with Crippen molar-refractivity contribution in [1.29, 1.82) is 0 Å². The lowest BCUT2D eigenvalue weighted by molar-refractivity contribution is -0.117. The van der Waals surface area contributed by atoms with E-state index in [1.807, 2.05) is 0 Å². The molecule has 9 heteroatoms. The average molecular weight is 241 g/mol. The zero-order valence-electron chi connectivity index (χ0n) is 9.58. The van der Waals surface area contributed by atoms with Crippen LogP contribution in [-0.4, -0.2) is 44.5 Å². The van der Waals surface area contributed by atoms with E-state index >= 15 is 0 Å². The standard InChI is InChI=1S/C8H11N5O4/c1-9-4-5(14)12(6(9)15)13-7(16)10(2)11(3)8(13)17/h4H2,1-3H3. The minimum absolute atomic E-state index is 0.149. The fraction of sp³-hybridized carbons (Fsp3) is 0.500. The second kappa shape index (κ2) is 3.34. The molecule has 2 rings (SSSR count). The van der Waals surface area contributed by atoms with E-state index in [1.165, 1.54) is 21.1 Å². The highest BCUT2D eigenvalue weighted by molar-refractivity contribution is 6.13. The van der Waals surface area contributed by atoms with Gasteiger partial charge in [0.25, 0.3) is 5.91 Å². The van der Waals surface area contributed by atoms with Gasteiger partial charge in [0.05, 0.1) is 0 Å². The molecule has 0 spiro atoms. The van der Waals surface area contributed by atoms with Gasteiger partial charge in [0, 0.05) is 21.1 Å². The Kier molecular flexibility index (Phi) is 2.19. The summed E-state index contributed by atoms with van der Waals surface area (Å²) in [7, 11) is 4.16. The van der Waals surface area contributed by atoms with Crippen molar-refractivity contribution in [2.24, 2.45) is 14.1 Å². The Bertz CT molecular complexity index is 587. The van der Waals surface area contributed by atoms with Gasteiger partial charge in [-0.25, -0.2) is 23.7 Å². The lowest BCUT2D eigenvalue weighted by Crippen LogP contribution is -2.51. The third kappa shape index (κ3) is 1.31. The van der Waals surface area contributed by atoms with Gasteiger partial charge >= 0.3 is 17.4 Å². The SMILES string of the molecule is CN1CC(=O)N(n2c(=O)n(C)n(C)c2=O)C1=O. The van der Waals surface area contributed by atoms with Gasteiger partial charge < -0.3 is 4.90 Å². The Morgan fingerprint density at radius 3 is 1.71 bits per heavy atom. The van der Waals surface area contributed by atoms with E-state index in [-0.39, 0.29) is 6.54 Å². The number of imide groups is 1. The molecule has 0 radical (unpaired) electrons. The summed E-state index contributed by atoms with van der Waals surface area (Å²) in [5.41, 5.74) is -1.48. The highest BCUT2D eigenvalue weighted by Gasteiger charge is 2.38. The molecule has 1 aliphatic rings. The number of carbonyl (C=O) groups excluding carboxylic acids is 2. The van der Waals surface area contributed by atoms with Crippen LogP contribution < -0.4 is 16.4 Å². The molecule has 0 unspecified atom stereocenters. The van der Waals surface area contributed by atoms with Crippen molar-refractivity contribution in [1.82, 2.24) is 18.9 Å². The maximum absolute atomic E-state index is 11.7. The van der Waals surface area contributed by atoms with Crippen LogP contribution in [0.1, 0.15) is 0 Å². The van der Waals surface area contributed by atoms with E-state index in [4.69, 9.17) is 0 Å². The van der Waals surface area contributed by atoms with Crippen LogP contribution in [-0.2, 0) is 18.9 Å². The van der Waals surface area contributed by atoms with Gasteiger partial charge in [0.15, 0.2) is 0 Å². The van der Waals surface area contributed by atoms with Crippen LogP contribution >= 0.6 is 0 Å². The van der Waals surface area contributed by atoms with Gasteiger partial charge in [-0.3, -0.25) is 4.79 Å². The Balaban J connectivity index is 2.68. The first-order chi connectivity index (χ1) is 7.86. The van der Waals surface area contributed by atoms with Gasteiger partial charge in [-0.2, -0.15) is 5.01 Å². The molecule has 3 amide bonds. The molecular weight excluding hydrogens is 230 g/mol. The highest BCUT2D eigenvalue weighted by Crippen LogP contribution is 2.03. The van der Waals surface area contributed by atoms with Crippen molar-refractivity contribution in [2.75, 3.05) is 18.6 Å². The first kappa shape index (κ1) is 11.2. The molecule has 9 nitrogen and oxygen atoms in total. The number of rotatable bonds is 1. The van der Waals surface area contributed by atoms with Crippen molar-refractivity contribution in [3.05, 3.63) is 21.0 Å². The maximum atomic E-state index is 11.7. The summed E-state index contributed by atoms with van der Waals surface area (Å²) in [6.07, 6.45) is 0. The summed E-state index contributed by atoms with van der Waals surface area (Å²) in [5.74, 6) is -0.608. The number of aromatic nitrogens is 3. The van der Waals surface area contributed by atoms with Crippen molar-refractivity contribution >= 4 is 11.9 Å². The highest BCUT2D eigenvalue weighted by atomic mass is 16.2. The topological polar surface area (TPSA) is 89.6 Å². The van der Waals surface area contributed by atoms with Crippen molar-refractivity contribution in [3.63, 3.8) is 0 Å². The van der Waals surface area contributed by atoms with Crippen molar-refractivity contribution in [2.45, 2.75) is 0 Å². The average Bonchev–Trinajstić information content (AvgIpc) is 2.61. The predicted molar refractivity (Wildman–Crippen MR) is 56.2 cm³/mol. The van der Waals surface area contributed by atoms with Crippen LogP contribution in [0, 0.1) is 0 Å². The van der Waals surface area contributed by atoms with Crippen molar-refractivity contribution < 1.29 is 9.59 Å². The van der Waals surface area contributed by atoms with Crippen LogP contribution in [0.5, 0.6) is 0 Å². The zero-order chi connectivity index (χ0) is 12.9. The number of amides is 3. The van der Waals surface area contributed by atoms with Gasteiger partial charge in [0.2, 0.25) is 0 Å². The molecule has 1 saturated heterocycles. The Morgan fingerprint density at radius 2 is 1.35 bits per heavy atom. The van der Waals surface area contributed by atoms with E-state index in [1.54, 1.807) is 0 Å². The molecule has 92 valence electrons. The van der Waals surface area contributed by atoms with Crippen LogP contribution in [0.25, 0.3) is 0 Å². The second-order valence-electron chi connectivity index (χ2n) is 3.77. The normalized spacial score (nSPS) is 16.2. The number of nitrogens with zero attached hydrogens (tertiary/aromatic N) is 5. The molecule has 17 heavy (non-hydrogen) atoms. The molecule has 1 aliphatic heterocycles. The number of carbonyl (C=O) groups is 2. The molecule has 0 aromatic carbocycles. The minimum atomic E-state index is -0.741.